The van der Waals surface area contributed by atoms with Crippen LogP contribution in [0.25, 0.3) is 10.2 Å². The fourth-order valence-corrected chi connectivity index (χ4v) is 5.86. The van der Waals surface area contributed by atoms with Crippen molar-refractivity contribution in [2.24, 2.45) is 0 Å². The number of nitrogens with zero attached hydrogens (tertiary/aromatic N) is 3. The maximum Gasteiger partial charge on any atom is 0.308 e. The number of aryl methyl sites for hydroxylation is 1. The summed E-state index contributed by atoms with van der Waals surface area (Å²) in [6, 6.07) is 7.66. The second-order valence-electron chi connectivity index (χ2n) is 7.97. The van der Waals surface area contributed by atoms with Gasteiger partial charge in [-0.3, -0.25) is 28.6 Å². The minimum absolute atomic E-state index is 0.0202. The quantitative estimate of drug-likeness (QED) is 0.395. The monoisotopic (exact) mass is 492 g/mol. The van der Waals surface area contributed by atoms with E-state index in [-0.39, 0.29) is 22.3 Å². The molecule has 2 aromatic carbocycles. The van der Waals surface area contributed by atoms with E-state index < -0.39 is 26.9 Å². The number of rotatable bonds is 7. The van der Waals surface area contributed by atoms with E-state index in [4.69, 9.17) is 0 Å². The summed E-state index contributed by atoms with van der Waals surface area (Å²) >= 11 is 1.06. The molecule has 0 bridgehead atoms. The van der Waals surface area contributed by atoms with Crippen molar-refractivity contribution in [3.8, 4) is 0 Å². The van der Waals surface area contributed by atoms with E-state index in [0.717, 1.165) is 33.5 Å². The van der Waals surface area contributed by atoms with Crippen LogP contribution in [0.4, 0.5) is 17.1 Å². The summed E-state index contributed by atoms with van der Waals surface area (Å²) in [6.45, 7) is 6.82. The fourth-order valence-electron chi connectivity index (χ4n) is 3.58. The smallest absolute Gasteiger partial charge is 0.308 e. The van der Waals surface area contributed by atoms with Crippen LogP contribution in [0.15, 0.2) is 41.2 Å². The van der Waals surface area contributed by atoms with Crippen LogP contribution in [0.1, 0.15) is 32.4 Å². The largest absolute Gasteiger partial charge is 0.324 e. The van der Waals surface area contributed by atoms with Crippen molar-refractivity contribution in [3.63, 3.8) is 0 Å². The Hall–Kier alpha value is -3.25. The Morgan fingerprint density at radius 2 is 1.85 bits per heavy atom. The van der Waals surface area contributed by atoms with Crippen LogP contribution in [-0.4, -0.2) is 36.1 Å². The summed E-state index contributed by atoms with van der Waals surface area (Å²) in [5, 5.41) is 13.9. The summed E-state index contributed by atoms with van der Waals surface area (Å²) in [4.78, 5) is 35.7. The van der Waals surface area contributed by atoms with E-state index in [1.165, 1.54) is 19.1 Å². The van der Waals surface area contributed by atoms with Crippen LogP contribution in [0.3, 0.4) is 0 Å². The van der Waals surface area contributed by atoms with Gasteiger partial charge in [-0.05, 0) is 51.5 Å². The van der Waals surface area contributed by atoms with Gasteiger partial charge in [0.05, 0.1) is 27.1 Å². The first kappa shape index (κ1) is 24.4. The second kappa shape index (κ2) is 8.94. The fraction of sp³-hybridized carbons (Fsp3) is 0.333. The molecule has 1 aromatic heterocycles. The van der Waals surface area contributed by atoms with Gasteiger partial charge in [0.15, 0.2) is 0 Å². The van der Waals surface area contributed by atoms with Crippen LogP contribution in [0.5, 0.6) is 0 Å². The number of fused-ring (bicyclic) bond motifs is 1. The van der Waals surface area contributed by atoms with Gasteiger partial charge in [-0.15, -0.1) is 0 Å². The number of amides is 1. The molecule has 1 N–H and O–H groups in total. The van der Waals surface area contributed by atoms with Gasteiger partial charge < -0.3 is 5.32 Å². The molecule has 1 amide bonds. The number of anilines is 2. The van der Waals surface area contributed by atoms with Gasteiger partial charge in [0.2, 0.25) is 15.9 Å². The number of thiazole rings is 1. The molecule has 0 saturated heterocycles. The van der Waals surface area contributed by atoms with E-state index in [9.17, 15) is 28.1 Å². The minimum Gasteiger partial charge on any atom is -0.324 e. The highest BCUT2D eigenvalue weighted by atomic mass is 32.2. The van der Waals surface area contributed by atoms with Gasteiger partial charge >= 0.3 is 4.87 Å². The number of nitrogens with one attached hydrogen (secondary N) is 1. The molecule has 0 radical (unpaired) electrons. The Labute approximate surface area is 194 Å². The molecule has 3 aromatic rings. The molecule has 0 aliphatic heterocycles. The lowest BCUT2D eigenvalue weighted by Gasteiger charge is -2.29. The van der Waals surface area contributed by atoms with Crippen molar-refractivity contribution >= 4 is 54.5 Å². The molecule has 0 spiro atoms. The Morgan fingerprint density at radius 3 is 2.42 bits per heavy atom. The van der Waals surface area contributed by atoms with Gasteiger partial charge in [-0.25, -0.2) is 8.42 Å². The average Bonchev–Trinajstić information content (AvgIpc) is 3.03. The first-order chi connectivity index (χ1) is 15.3. The molecule has 3 rings (SSSR count). The van der Waals surface area contributed by atoms with Crippen molar-refractivity contribution in [2.75, 3.05) is 15.9 Å². The third kappa shape index (κ3) is 4.91. The van der Waals surface area contributed by atoms with Crippen molar-refractivity contribution in [3.05, 3.63) is 61.7 Å². The highest BCUT2D eigenvalue weighted by Crippen LogP contribution is 2.30. The Balaban J connectivity index is 1.96. The van der Waals surface area contributed by atoms with Gasteiger partial charge in [-0.1, -0.05) is 17.4 Å². The number of non-ortho nitro benzene ring substituents is 1. The zero-order chi connectivity index (χ0) is 24.7. The number of sulfonamides is 1. The van der Waals surface area contributed by atoms with Crippen LogP contribution in [-0.2, 0) is 14.8 Å². The van der Waals surface area contributed by atoms with E-state index in [1.807, 2.05) is 13.8 Å². The molecular weight excluding hydrogens is 468 g/mol. The molecule has 33 heavy (non-hydrogen) atoms. The maximum atomic E-state index is 13.0. The Morgan fingerprint density at radius 1 is 1.18 bits per heavy atom. The van der Waals surface area contributed by atoms with Crippen molar-refractivity contribution < 1.29 is 18.1 Å². The van der Waals surface area contributed by atoms with Gasteiger partial charge in [0, 0.05) is 23.9 Å². The summed E-state index contributed by atoms with van der Waals surface area (Å²) < 4.78 is 28.4. The molecule has 12 heteroatoms. The third-order valence-corrected chi connectivity index (χ3v) is 7.27. The summed E-state index contributed by atoms with van der Waals surface area (Å²) in [5.41, 5.74) is 1.38. The Kier molecular flexibility index (Phi) is 6.61. The predicted octanol–water partition coefficient (Wildman–Crippen LogP) is 3.65. The lowest BCUT2D eigenvalue weighted by atomic mass is 10.1. The normalized spacial score (nSPS) is 12.7. The molecule has 0 unspecified atom stereocenters. The van der Waals surface area contributed by atoms with Crippen LogP contribution in [0, 0.1) is 17.0 Å². The highest BCUT2D eigenvalue weighted by molar-refractivity contribution is 7.92. The number of nitro groups is 1. The average molecular weight is 493 g/mol. The number of hydrogen-bond acceptors (Lipinski definition) is 7. The lowest BCUT2D eigenvalue weighted by Crippen LogP contribution is -2.45. The molecule has 1 atom stereocenters. The van der Waals surface area contributed by atoms with Crippen LogP contribution in [0.2, 0.25) is 0 Å². The van der Waals surface area contributed by atoms with E-state index in [1.54, 1.807) is 29.7 Å². The number of benzene rings is 2. The molecular formula is C21H24N4O6S2. The molecule has 176 valence electrons. The number of aromatic nitrogens is 1. The summed E-state index contributed by atoms with van der Waals surface area (Å²) in [7, 11) is -3.96. The topological polar surface area (TPSA) is 132 Å². The molecule has 0 saturated carbocycles. The number of nitro benzene ring substituents is 1. The van der Waals surface area contributed by atoms with E-state index >= 15 is 0 Å². The number of hydrogen-bond donors (Lipinski definition) is 1. The minimum atomic E-state index is -3.96. The van der Waals surface area contributed by atoms with Gasteiger partial charge in [-0.2, -0.15) is 0 Å². The van der Waals surface area contributed by atoms with Crippen molar-refractivity contribution in [1.82, 2.24) is 4.57 Å². The van der Waals surface area contributed by atoms with Crippen molar-refractivity contribution in [1.29, 1.82) is 0 Å². The van der Waals surface area contributed by atoms with Crippen molar-refractivity contribution in [2.45, 2.75) is 39.8 Å². The molecule has 10 nitrogen and oxygen atoms in total. The molecule has 0 fully saturated rings. The first-order valence-corrected chi connectivity index (χ1v) is 12.7. The zero-order valence-electron chi connectivity index (χ0n) is 18.7. The van der Waals surface area contributed by atoms with Crippen LogP contribution < -0.4 is 14.5 Å². The molecule has 0 aliphatic rings. The summed E-state index contributed by atoms with van der Waals surface area (Å²) in [6.07, 6.45) is 0.938. The standard InChI is InChI=1S/C21H24N4O6S2/c1-12(2)23-17-9-7-15(10-19(17)32-21(23)27)22-20(26)14(4)24(33(5,30)31)18-11-16(25(28)29)8-6-13(18)3/h6-12,14H,1-5H3,(H,22,26)/t14-/m0/s1. The molecule has 1 heterocycles. The number of carbonyl (C=O) groups excluding carboxylic acids is 1. The summed E-state index contributed by atoms with van der Waals surface area (Å²) in [5.74, 6) is -0.624. The molecule has 0 aliphatic carbocycles. The zero-order valence-corrected chi connectivity index (χ0v) is 20.4. The number of carbonyl (C=O) groups is 1. The van der Waals surface area contributed by atoms with Crippen LogP contribution >= 0.6 is 11.3 Å². The van der Waals surface area contributed by atoms with Gasteiger partial charge in [0.25, 0.3) is 5.69 Å². The highest BCUT2D eigenvalue weighted by Gasteiger charge is 2.31. The van der Waals surface area contributed by atoms with E-state index in [2.05, 4.69) is 5.32 Å². The van der Waals surface area contributed by atoms with E-state index in [0.29, 0.717) is 16.0 Å². The third-order valence-electron chi connectivity index (χ3n) is 5.13. The Bertz CT molecular complexity index is 1410. The first-order valence-electron chi connectivity index (χ1n) is 10.0. The SMILES string of the molecule is Cc1ccc([N+](=O)[O-])cc1N([C@@H](C)C(=O)Nc1ccc2c(c1)sc(=O)n2C(C)C)S(C)(=O)=O. The maximum absolute atomic E-state index is 13.0. The van der Waals surface area contributed by atoms with Gasteiger partial charge in [0.1, 0.15) is 6.04 Å². The lowest BCUT2D eigenvalue weighted by molar-refractivity contribution is -0.384. The second-order valence-corrected chi connectivity index (χ2v) is 10.8. The predicted molar refractivity (Wildman–Crippen MR) is 130 cm³/mol.